The fourth-order valence-electron chi connectivity index (χ4n) is 8.82. The number of nitrogens with zero attached hydrogens (tertiary/aromatic N) is 3. The lowest BCUT2D eigenvalue weighted by atomic mass is 10.0. The summed E-state index contributed by atoms with van der Waals surface area (Å²) in [7, 11) is 0. The van der Waals surface area contributed by atoms with Gasteiger partial charge in [-0.05, 0) is 60.7 Å². The first-order chi connectivity index (χ1) is 27.8. The smallest absolute Gasteiger partial charge is 0.162 e. The molecule has 6 heteroatoms. The molecule has 0 fully saturated rings. The van der Waals surface area contributed by atoms with Gasteiger partial charge in [0.1, 0.15) is 16.0 Å². The normalized spacial score (nSPS) is 12.0. The van der Waals surface area contributed by atoms with E-state index in [-0.39, 0.29) is 0 Å². The van der Waals surface area contributed by atoms with Gasteiger partial charge in [-0.2, -0.15) is 0 Å². The molecule has 56 heavy (non-hydrogen) atoms. The highest BCUT2D eigenvalue weighted by atomic mass is 32.1. The zero-order valence-electron chi connectivity index (χ0n) is 29.3. The first-order valence-corrected chi connectivity index (χ1v) is 20.0. The summed E-state index contributed by atoms with van der Waals surface area (Å²) in [6.45, 7) is 0. The van der Waals surface area contributed by atoms with Crippen LogP contribution in [0.5, 0.6) is 0 Å². The van der Waals surface area contributed by atoms with Crippen molar-refractivity contribution in [1.82, 2.24) is 14.5 Å². The van der Waals surface area contributed by atoms with E-state index in [0.717, 1.165) is 75.7 Å². The third-order valence-electron chi connectivity index (χ3n) is 11.1. The predicted molar refractivity (Wildman–Crippen MR) is 233 cm³/mol. The van der Waals surface area contributed by atoms with Gasteiger partial charge in [0.2, 0.25) is 0 Å². The quantitative estimate of drug-likeness (QED) is 0.181. The van der Waals surface area contributed by atoms with Crippen LogP contribution in [0.2, 0.25) is 0 Å². The monoisotopic (exact) mass is 745 g/mol. The maximum atomic E-state index is 6.30. The van der Waals surface area contributed by atoms with Crippen LogP contribution in [0.4, 0.5) is 0 Å². The SMILES string of the molecule is c1ccc2sc3nc(-c4cccc5oc6ccccc6c45)nc(-c4cccc(-n5c6ccccc6c6c7c#cccc7c7sc8ccccc8c7c65)c4)c3c2c#1. The molecule has 0 unspecified atom stereocenters. The third kappa shape index (κ3) is 4.04. The van der Waals surface area contributed by atoms with Crippen molar-refractivity contribution in [1.29, 1.82) is 0 Å². The lowest BCUT2D eigenvalue weighted by Gasteiger charge is -2.13. The van der Waals surface area contributed by atoms with Gasteiger partial charge in [-0.25, -0.2) is 9.97 Å². The van der Waals surface area contributed by atoms with Crippen molar-refractivity contribution in [3.8, 4) is 28.3 Å². The Labute approximate surface area is 327 Å². The molecule has 0 spiro atoms. The largest absolute Gasteiger partial charge is 0.456 e. The molecule has 256 valence electrons. The molecule has 0 radical (unpaired) electrons. The number of hydrogen-bond acceptors (Lipinski definition) is 5. The zero-order valence-corrected chi connectivity index (χ0v) is 31.0. The molecule has 0 saturated heterocycles. The Kier molecular flexibility index (Phi) is 6.01. The highest BCUT2D eigenvalue weighted by Gasteiger charge is 2.24. The molecule has 8 aromatic carbocycles. The number of rotatable bonds is 3. The van der Waals surface area contributed by atoms with Crippen LogP contribution < -0.4 is 0 Å². The molecule has 0 aliphatic rings. The summed E-state index contributed by atoms with van der Waals surface area (Å²) >= 11 is 3.51. The summed E-state index contributed by atoms with van der Waals surface area (Å²) < 4.78 is 12.4. The Balaban J connectivity index is 1.14. The van der Waals surface area contributed by atoms with E-state index in [2.05, 4.69) is 126 Å². The van der Waals surface area contributed by atoms with Crippen LogP contribution in [0.3, 0.4) is 0 Å². The summed E-state index contributed by atoms with van der Waals surface area (Å²) in [5.74, 6) is 0.659. The van der Waals surface area contributed by atoms with Gasteiger partial charge in [0, 0.05) is 74.0 Å². The molecule has 13 rings (SSSR count). The molecule has 5 aromatic heterocycles. The second kappa shape index (κ2) is 11.2. The number of para-hydroxylation sites is 2. The number of aromatic nitrogens is 3. The number of benzene rings is 6. The Hall–Kier alpha value is -7.22. The molecule has 0 N–H and O–H groups in total. The van der Waals surface area contributed by atoms with E-state index in [1.807, 2.05) is 53.8 Å². The van der Waals surface area contributed by atoms with Gasteiger partial charge in [0.15, 0.2) is 5.82 Å². The van der Waals surface area contributed by atoms with Crippen LogP contribution >= 0.6 is 22.7 Å². The first-order valence-electron chi connectivity index (χ1n) is 18.4. The lowest BCUT2D eigenvalue weighted by molar-refractivity contribution is 0.669. The van der Waals surface area contributed by atoms with E-state index in [4.69, 9.17) is 14.4 Å². The number of fused-ring (bicyclic) bond motifs is 16. The van der Waals surface area contributed by atoms with E-state index in [9.17, 15) is 0 Å². The average molecular weight is 746 g/mol. The van der Waals surface area contributed by atoms with Gasteiger partial charge in [-0.15, -0.1) is 22.7 Å². The second-order valence-electron chi connectivity index (χ2n) is 14.1. The molecule has 0 bridgehead atoms. The Morgan fingerprint density at radius 1 is 0.554 bits per heavy atom. The van der Waals surface area contributed by atoms with Gasteiger partial charge >= 0.3 is 0 Å². The summed E-state index contributed by atoms with van der Waals surface area (Å²) in [5, 5.41) is 11.2. The van der Waals surface area contributed by atoms with Crippen molar-refractivity contribution < 1.29 is 4.42 Å². The number of thiophene rings is 2. The fourth-order valence-corrected chi connectivity index (χ4v) is 11.1. The molecule has 0 aliphatic heterocycles. The molecule has 0 amide bonds. The molecule has 0 aliphatic carbocycles. The zero-order chi connectivity index (χ0) is 36.5. The molecule has 0 atom stereocenters. The van der Waals surface area contributed by atoms with Crippen molar-refractivity contribution in [2.45, 2.75) is 0 Å². The van der Waals surface area contributed by atoms with Gasteiger partial charge in [0.05, 0.1) is 27.5 Å². The van der Waals surface area contributed by atoms with Crippen LogP contribution in [0.1, 0.15) is 0 Å². The minimum Gasteiger partial charge on any atom is -0.456 e. The van der Waals surface area contributed by atoms with Crippen LogP contribution in [0.15, 0.2) is 144 Å². The summed E-state index contributed by atoms with van der Waals surface area (Å²) in [5.41, 5.74) is 7.82. The standard InChI is InChI=1S/C50H23N3OS2/c1-2-16-31-30(15-1)43-32-17-3-7-22-37(32)53(47(43)45-35-20-6-9-25-40(35)55-48(31)45)29-14-11-13-28(27-29)46-44-34-19-5-10-26-41(34)56-50(44)52-49(51-46)36-21-12-24-39-42(36)33-18-4-8-23-38(33)54-39/h2-4,6-14,16-18,20-27H. The Morgan fingerprint density at radius 3 is 2.29 bits per heavy atom. The highest BCUT2D eigenvalue weighted by molar-refractivity contribution is 7.27. The van der Waals surface area contributed by atoms with Crippen molar-refractivity contribution >= 4 is 118 Å². The predicted octanol–water partition coefficient (Wildman–Crippen LogP) is 13.9. The summed E-state index contributed by atoms with van der Waals surface area (Å²) in [6, 6.07) is 62.3. The fraction of sp³-hybridized carbons (Fsp3) is 0. The number of furan rings is 1. The molecular weight excluding hydrogens is 723 g/mol. The van der Waals surface area contributed by atoms with Crippen LogP contribution in [0, 0.1) is 24.3 Å². The highest BCUT2D eigenvalue weighted by Crippen LogP contribution is 2.48. The van der Waals surface area contributed by atoms with Crippen molar-refractivity contribution in [3.05, 3.63) is 164 Å². The summed E-state index contributed by atoms with van der Waals surface area (Å²) in [6.07, 6.45) is 0. The van der Waals surface area contributed by atoms with Crippen molar-refractivity contribution in [2.24, 2.45) is 0 Å². The van der Waals surface area contributed by atoms with Gasteiger partial charge in [0.25, 0.3) is 0 Å². The molecular formula is C50H23N3OS2. The topological polar surface area (TPSA) is 43.9 Å². The van der Waals surface area contributed by atoms with Crippen LogP contribution in [-0.2, 0) is 0 Å². The average Bonchev–Trinajstić information content (AvgIpc) is 4.02. The Bertz CT molecular complexity index is 3790. The van der Waals surface area contributed by atoms with E-state index in [0.29, 0.717) is 5.82 Å². The second-order valence-corrected chi connectivity index (χ2v) is 16.2. The molecule has 13 aromatic rings. The van der Waals surface area contributed by atoms with Crippen LogP contribution in [-0.4, -0.2) is 14.5 Å². The minimum absolute atomic E-state index is 0.659. The van der Waals surface area contributed by atoms with E-state index >= 15 is 0 Å². The summed E-state index contributed by atoms with van der Waals surface area (Å²) in [4.78, 5) is 11.7. The number of hydrogen-bond donors (Lipinski definition) is 0. The van der Waals surface area contributed by atoms with Crippen molar-refractivity contribution in [2.75, 3.05) is 0 Å². The van der Waals surface area contributed by atoms with Crippen LogP contribution in [0.25, 0.3) is 123 Å². The Morgan fingerprint density at radius 2 is 1.34 bits per heavy atom. The molecule has 4 nitrogen and oxygen atoms in total. The first kappa shape index (κ1) is 30.1. The maximum absolute atomic E-state index is 6.30. The molecule has 5 heterocycles. The van der Waals surface area contributed by atoms with E-state index < -0.39 is 0 Å². The maximum Gasteiger partial charge on any atom is 0.162 e. The van der Waals surface area contributed by atoms with Gasteiger partial charge < -0.3 is 8.98 Å². The third-order valence-corrected chi connectivity index (χ3v) is 13.4. The lowest BCUT2D eigenvalue weighted by Crippen LogP contribution is -1.97. The molecule has 0 saturated carbocycles. The van der Waals surface area contributed by atoms with E-state index in [1.54, 1.807) is 11.3 Å². The van der Waals surface area contributed by atoms with Gasteiger partial charge in [-0.1, -0.05) is 103 Å². The van der Waals surface area contributed by atoms with Crippen molar-refractivity contribution in [3.63, 3.8) is 0 Å². The van der Waals surface area contributed by atoms with Gasteiger partial charge in [-0.3, -0.25) is 0 Å². The van der Waals surface area contributed by atoms with E-state index in [1.165, 1.54) is 41.8 Å². The minimum atomic E-state index is 0.659.